The predicted molar refractivity (Wildman–Crippen MR) is 136 cm³/mol. The number of rotatable bonds is 10. The quantitative estimate of drug-likeness (QED) is 0.272. The van der Waals surface area contributed by atoms with Gasteiger partial charge < -0.3 is 10.4 Å². The molecule has 0 radical (unpaired) electrons. The minimum atomic E-state index is -3.59. The summed E-state index contributed by atoms with van der Waals surface area (Å²) >= 11 is 5.82. The van der Waals surface area contributed by atoms with E-state index in [1.165, 1.54) is 24.3 Å². The van der Waals surface area contributed by atoms with E-state index in [0.29, 0.717) is 41.9 Å². The van der Waals surface area contributed by atoms with Crippen LogP contribution in [0.1, 0.15) is 13.3 Å². The lowest BCUT2D eigenvalue weighted by Gasteiger charge is -2.09. The number of sulfonamides is 1. The zero-order chi connectivity index (χ0) is 24.8. The van der Waals surface area contributed by atoms with E-state index in [0.717, 1.165) is 11.1 Å². The number of aryl methyl sites for hydroxylation is 1. The van der Waals surface area contributed by atoms with Crippen LogP contribution in [0.5, 0.6) is 5.75 Å². The molecule has 4 aromatic rings. The van der Waals surface area contributed by atoms with E-state index in [-0.39, 0.29) is 17.2 Å². The molecule has 0 aliphatic heterocycles. The number of nitrogens with one attached hydrogen (secondary N) is 2. The summed E-state index contributed by atoms with van der Waals surface area (Å²) in [4.78, 5) is 9.05. The van der Waals surface area contributed by atoms with Crippen LogP contribution >= 0.6 is 11.6 Å². The average molecular weight is 513 g/mol. The molecule has 0 amide bonds. The summed E-state index contributed by atoms with van der Waals surface area (Å²) in [7, 11) is -3.59. The number of phenolic OH excluding ortho intramolecular Hbond substituents is 1. The molecule has 0 fully saturated rings. The highest BCUT2D eigenvalue weighted by Gasteiger charge is 2.16. The van der Waals surface area contributed by atoms with Gasteiger partial charge in [0.2, 0.25) is 16.0 Å². The summed E-state index contributed by atoms with van der Waals surface area (Å²) in [6.45, 7) is 3.41. The number of phenols is 1. The average Bonchev–Trinajstić information content (AvgIpc) is 3.29. The first-order chi connectivity index (χ1) is 16.9. The number of hydrogen-bond donors (Lipinski definition) is 3. The Balaban J connectivity index is 1.40. The lowest BCUT2D eigenvalue weighted by molar-refractivity contribution is 0.475. The number of anilines is 1. The molecule has 35 heavy (non-hydrogen) atoms. The number of halogens is 1. The van der Waals surface area contributed by atoms with Crippen LogP contribution in [0, 0.1) is 0 Å². The summed E-state index contributed by atoms with van der Waals surface area (Å²) < 4.78 is 29.1. The Bertz CT molecular complexity index is 1410. The molecule has 0 saturated heterocycles. The van der Waals surface area contributed by atoms with Crippen molar-refractivity contribution >= 4 is 27.6 Å². The van der Waals surface area contributed by atoms with Gasteiger partial charge in [-0.25, -0.2) is 23.1 Å². The molecule has 2 heterocycles. The maximum atomic E-state index is 12.4. The fourth-order valence-electron chi connectivity index (χ4n) is 3.42. The maximum Gasteiger partial charge on any atom is 0.240 e. The fraction of sp³-hybridized carbons (Fsp3) is 0.208. The SMILES string of the molecule is CCn1cc(-c2ccnc(NCCCNS(=O)(=O)c3ccc(Cl)cc3)n2)c(-c2cccc(O)c2)n1. The number of nitrogens with zero attached hydrogens (tertiary/aromatic N) is 4. The van der Waals surface area contributed by atoms with Crippen molar-refractivity contribution in [2.24, 2.45) is 0 Å². The van der Waals surface area contributed by atoms with Crippen molar-refractivity contribution in [2.45, 2.75) is 24.8 Å². The summed E-state index contributed by atoms with van der Waals surface area (Å²) in [5.74, 6) is 0.588. The first-order valence-corrected chi connectivity index (χ1v) is 12.9. The minimum Gasteiger partial charge on any atom is -0.508 e. The van der Waals surface area contributed by atoms with Gasteiger partial charge in [-0.05, 0) is 55.8 Å². The standard InChI is InChI=1S/C24H25ClN6O3S/c1-2-31-16-21(23(30-31)17-5-3-6-19(32)15-17)22-11-14-27-24(29-22)26-12-4-13-28-35(33,34)20-9-7-18(25)8-10-20/h3,5-11,14-16,28,32H,2,4,12-13H2,1H3,(H,26,27,29). The van der Waals surface area contributed by atoms with Gasteiger partial charge in [0.15, 0.2) is 0 Å². The molecule has 2 aromatic carbocycles. The Morgan fingerprint density at radius 1 is 1.09 bits per heavy atom. The van der Waals surface area contributed by atoms with E-state index in [1.54, 1.807) is 30.5 Å². The summed E-state index contributed by atoms with van der Waals surface area (Å²) in [5, 5.41) is 18.1. The molecular formula is C24H25ClN6O3S. The predicted octanol–water partition coefficient (Wildman–Crippen LogP) is 4.17. The topological polar surface area (TPSA) is 122 Å². The van der Waals surface area contributed by atoms with E-state index >= 15 is 0 Å². The monoisotopic (exact) mass is 512 g/mol. The molecule has 0 spiro atoms. The highest BCUT2D eigenvalue weighted by atomic mass is 35.5. The van der Waals surface area contributed by atoms with Gasteiger partial charge in [0.25, 0.3) is 0 Å². The van der Waals surface area contributed by atoms with Crippen LogP contribution in [0.2, 0.25) is 5.02 Å². The van der Waals surface area contributed by atoms with E-state index in [4.69, 9.17) is 11.6 Å². The third kappa shape index (κ3) is 6.16. The van der Waals surface area contributed by atoms with Gasteiger partial charge in [-0.3, -0.25) is 4.68 Å². The molecule has 2 aromatic heterocycles. The third-order valence-electron chi connectivity index (χ3n) is 5.19. The Labute approximate surface area is 208 Å². The van der Waals surface area contributed by atoms with E-state index < -0.39 is 10.0 Å². The summed E-state index contributed by atoms with van der Waals surface area (Å²) in [5.41, 5.74) is 3.00. The first kappa shape index (κ1) is 24.6. The van der Waals surface area contributed by atoms with E-state index in [9.17, 15) is 13.5 Å². The second kappa shape index (κ2) is 10.9. The molecule has 0 atom stereocenters. The van der Waals surface area contributed by atoms with Crippen molar-refractivity contribution in [3.05, 3.63) is 72.0 Å². The number of aromatic hydroxyl groups is 1. The van der Waals surface area contributed by atoms with Crippen LogP contribution in [0.25, 0.3) is 22.5 Å². The fourth-order valence-corrected chi connectivity index (χ4v) is 4.62. The van der Waals surface area contributed by atoms with Crippen LogP contribution in [0.3, 0.4) is 0 Å². The molecule has 11 heteroatoms. The maximum absolute atomic E-state index is 12.4. The second-order valence-corrected chi connectivity index (χ2v) is 9.90. The number of aromatic nitrogens is 4. The smallest absolute Gasteiger partial charge is 0.240 e. The lowest BCUT2D eigenvalue weighted by Crippen LogP contribution is -2.26. The van der Waals surface area contributed by atoms with Crippen molar-refractivity contribution in [2.75, 3.05) is 18.4 Å². The molecule has 0 saturated carbocycles. The van der Waals surface area contributed by atoms with Gasteiger partial charge in [-0.15, -0.1) is 0 Å². The third-order valence-corrected chi connectivity index (χ3v) is 6.92. The molecule has 9 nitrogen and oxygen atoms in total. The van der Waals surface area contributed by atoms with Gasteiger partial charge in [0.1, 0.15) is 11.4 Å². The lowest BCUT2D eigenvalue weighted by atomic mass is 10.1. The Hall–Kier alpha value is -3.47. The molecule has 4 rings (SSSR count). The van der Waals surface area contributed by atoms with Crippen molar-refractivity contribution in [1.29, 1.82) is 0 Å². The van der Waals surface area contributed by atoms with Crippen LogP contribution in [0.15, 0.2) is 71.9 Å². The molecular weight excluding hydrogens is 488 g/mol. The second-order valence-electron chi connectivity index (χ2n) is 7.69. The summed E-state index contributed by atoms with van der Waals surface area (Å²) in [6, 6.07) is 14.7. The van der Waals surface area contributed by atoms with Gasteiger partial charge in [-0.2, -0.15) is 5.10 Å². The highest BCUT2D eigenvalue weighted by Crippen LogP contribution is 2.31. The van der Waals surface area contributed by atoms with E-state index in [1.807, 2.05) is 23.9 Å². The Kier molecular flexibility index (Phi) is 7.64. The van der Waals surface area contributed by atoms with Crippen molar-refractivity contribution in [1.82, 2.24) is 24.5 Å². The molecule has 0 unspecified atom stereocenters. The summed E-state index contributed by atoms with van der Waals surface area (Å²) in [6.07, 6.45) is 4.10. The normalized spacial score (nSPS) is 11.5. The van der Waals surface area contributed by atoms with Gasteiger partial charge >= 0.3 is 0 Å². The van der Waals surface area contributed by atoms with Crippen LogP contribution < -0.4 is 10.0 Å². The Morgan fingerprint density at radius 3 is 2.63 bits per heavy atom. The van der Waals surface area contributed by atoms with Crippen LogP contribution in [-0.4, -0.2) is 46.4 Å². The van der Waals surface area contributed by atoms with Crippen molar-refractivity contribution in [3.8, 4) is 28.3 Å². The molecule has 3 N–H and O–H groups in total. The zero-order valence-electron chi connectivity index (χ0n) is 19.0. The van der Waals surface area contributed by atoms with Crippen LogP contribution in [-0.2, 0) is 16.6 Å². The number of hydrogen-bond acceptors (Lipinski definition) is 7. The molecule has 0 aliphatic rings. The zero-order valence-corrected chi connectivity index (χ0v) is 20.6. The van der Waals surface area contributed by atoms with Crippen molar-refractivity contribution < 1.29 is 13.5 Å². The van der Waals surface area contributed by atoms with Gasteiger partial charge in [0.05, 0.1) is 10.6 Å². The van der Waals surface area contributed by atoms with Crippen LogP contribution in [0.4, 0.5) is 5.95 Å². The van der Waals surface area contributed by atoms with Gasteiger partial charge in [0, 0.05) is 48.2 Å². The molecule has 182 valence electrons. The highest BCUT2D eigenvalue weighted by molar-refractivity contribution is 7.89. The largest absolute Gasteiger partial charge is 0.508 e. The van der Waals surface area contributed by atoms with Gasteiger partial charge in [-0.1, -0.05) is 23.7 Å². The number of benzene rings is 2. The van der Waals surface area contributed by atoms with Crippen molar-refractivity contribution in [3.63, 3.8) is 0 Å². The molecule has 0 aliphatic carbocycles. The van der Waals surface area contributed by atoms with E-state index in [2.05, 4.69) is 25.1 Å². The Morgan fingerprint density at radius 2 is 1.89 bits per heavy atom. The minimum absolute atomic E-state index is 0.163. The molecule has 0 bridgehead atoms. The first-order valence-electron chi connectivity index (χ1n) is 11.0.